The number of aliphatic carboxylic acids is 1. The molecule has 0 radical (unpaired) electrons. The Morgan fingerprint density at radius 2 is 2.15 bits per heavy atom. The molecule has 27 heavy (non-hydrogen) atoms. The molecular formula is C18H31N5O4. The van der Waals surface area contributed by atoms with Crippen LogP contribution in [0.25, 0.3) is 0 Å². The van der Waals surface area contributed by atoms with Crippen molar-refractivity contribution in [2.75, 3.05) is 19.8 Å². The molecule has 1 unspecified atom stereocenters. The highest BCUT2D eigenvalue weighted by molar-refractivity contribution is 5.87. The first-order chi connectivity index (χ1) is 12.8. The molecule has 0 bridgehead atoms. The first kappa shape index (κ1) is 21.2. The Kier molecular flexibility index (Phi) is 7.61. The molecule has 2 aliphatic rings. The Balaban J connectivity index is 2.37. The molecule has 1 aliphatic carbocycles. The summed E-state index contributed by atoms with van der Waals surface area (Å²) in [5, 5.41) is 22.9. The Bertz CT molecular complexity index is 594. The summed E-state index contributed by atoms with van der Waals surface area (Å²) >= 11 is 0. The molecule has 2 rings (SSSR count). The van der Waals surface area contributed by atoms with Crippen LogP contribution in [-0.4, -0.2) is 71.8 Å². The summed E-state index contributed by atoms with van der Waals surface area (Å²) in [5.41, 5.74) is 5.78. The van der Waals surface area contributed by atoms with Crippen molar-refractivity contribution in [3.8, 4) is 0 Å². The Hall–Kier alpha value is -2.13. The highest BCUT2D eigenvalue weighted by Crippen LogP contribution is 2.29. The van der Waals surface area contributed by atoms with Gasteiger partial charge in [0.25, 0.3) is 0 Å². The van der Waals surface area contributed by atoms with Gasteiger partial charge in [0.2, 0.25) is 5.91 Å². The average molecular weight is 381 g/mol. The van der Waals surface area contributed by atoms with Crippen molar-refractivity contribution in [3.05, 3.63) is 11.6 Å². The number of rotatable bonds is 7. The summed E-state index contributed by atoms with van der Waals surface area (Å²) in [6, 6.07) is -1.02. The van der Waals surface area contributed by atoms with E-state index in [1.54, 1.807) is 6.08 Å². The highest BCUT2D eigenvalue weighted by atomic mass is 16.5. The number of carboxylic acid groups (broad SMARTS) is 1. The molecule has 152 valence electrons. The van der Waals surface area contributed by atoms with Crippen LogP contribution in [0.5, 0.6) is 0 Å². The van der Waals surface area contributed by atoms with E-state index in [4.69, 9.17) is 15.9 Å². The molecule has 1 amide bonds. The number of nitrogens with two attached hydrogens (primary N) is 1. The number of hydrogen-bond donors (Lipinski definition) is 5. The van der Waals surface area contributed by atoms with Gasteiger partial charge in [0.1, 0.15) is 0 Å². The number of carboxylic acids is 1. The summed E-state index contributed by atoms with van der Waals surface area (Å²) in [6.45, 7) is 5.37. The zero-order chi connectivity index (χ0) is 20.0. The summed E-state index contributed by atoms with van der Waals surface area (Å²) in [5.74, 6) is -1.44. The number of hydrogen-bond acceptors (Lipinski definition) is 5. The van der Waals surface area contributed by atoms with E-state index < -0.39 is 18.1 Å². The predicted molar refractivity (Wildman–Crippen MR) is 101 cm³/mol. The van der Waals surface area contributed by atoms with E-state index >= 15 is 0 Å². The molecule has 0 spiro atoms. The fourth-order valence-corrected chi connectivity index (χ4v) is 4.05. The fourth-order valence-electron chi connectivity index (χ4n) is 4.05. The van der Waals surface area contributed by atoms with Crippen LogP contribution < -0.4 is 16.4 Å². The molecular weight excluding hydrogens is 350 g/mol. The molecule has 0 aromatic carbocycles. The van der Waals surface area contributed by atoms with Gasteiger partial charge >= 0.3 is 5.97 Å². The summed E-state index contributed by atoms with van der Waals surface area (Å²) < 4.78 is 5.64. The monoisotopic (exact) mass is 381 g/mol. The quantitative estimate of drug-likeness (QED) is 0.309. The minimum absolute atomic E-state index is 0.155. The van der Waals surface area contributed by atoms with E-state index in [-0.39, 0.29) is 35.9 Å². The zero-order valence-electron chi connectivity index (χ0n) is 16.0. The molecule has 0 saturated carbocycles. The van der Waals surface area contributed by atoms with Crippen molar-refractivity contribution in [2.24, 2.45) is 5.73 Å². The van der Waals surface area contributed by atoms with Gasteiger partial charge in [0.05, 0.1) is 24.7 Å². The number of likely N-dealkylation sites (tertiary alicyclic amines) is 1. The third-order valence-electron chi connectivity index (χ3n) is 5.17. The van der Waals surface area contributed by atoms with E-state index in [0.717, 1.165) is 25.8 Å². The normalized spacial score (nSPS) is 28.9. The van der Waals surface area contributed by atoms with Crippen molar-refractivity contribution in [2.45, 2.75) is 63.7 Å². The van der Waals surface area contributed by atoms with Crippen LogP contribution in [0.4, 0.5) is 0 Å². The Morgan fingerprint density at radius 3 is 2.74 bits per heavy atom. The summed E-state index contributed by atoms with van der Waals surface area (Å²) in [6.07, 6.45) is 4.99. The van der Waals surface area contributed by atoms with Gasteiger partial charge < -0.3 is 26.2 Å². The van der Waals surface area contributed by atoms with Crippen molar-refractivity contribution in [3.63, 3.8) is 0 Å². The third kappa shape index (κ3) is 5.67. The van der Waals surface area contributed by atoms with Crippen molar-refractivity contribution < 1.29 is 19.4 Å². The Labute approximate surface area is 159 Å². The van der Waals surface area contributed by atoms with E-state index in [1.165, 1.54) is 6.92 Å². The first-order valence-corrected chi connectivity index (χ1v) is 9.48. The largest absolute Gasteiger partial charge is 0.478 e. The predicted octanol–water partition coefficient (Wildman–Crippen LogP) is 0.0171. The highest BCUT2D eigenvalue weighted by Gasteiger charge is 2.41. The summed E-state index contributed by atoms with van der Waals surface area (Å²) in [4.78, 5) is 25.8. The van der Waals surface area contributed by atoms with Crippen LogP contribution in [0.15, 0.2) is 11.6 Å². The molecule has 9 nitrogen and oxygen atoms in total. The van der Waals surface area contributed by atoms with Crippen LogP contribution in [0, 0.1) is 5.41 Å². The third-order valence-corrected chi connectivity index (χ3v) is 5.17. The molecule has 1 aliphatic heterocycles. The number of carbonyl (C=O) groups excluding carboxylic acids is 1. The van der Waals surface area contributed by atoms with Gasteiger partial charge in [-0.1, -0.05) is 12.5 Å². The van der Waals surface area contributed by atoms with E-state index in [1.807, 2.05) is 6.92 Å². The molecule has 0 aromatic heterocycles. The second kappa shape index (κ2) is 9.70. The number of carbonyl (C=O) groups is 2. The minimum Gasteiger partial charge on any atom is -0.478 e. The number of piperidine rings is 1. The van der Waals surface area contributed by atoms with Crippen LogP contribution in [0.1, 0.15) is 39.5 Å². The fraction of sp³-hybridized carbons (Fsp3) is 0.722. The number of guanidine groups is 1. The lowest BCUT2D eigenvalue weighted by Gasteiger charge is -2.47. The second-order valence-corrected chi connectivity index (χ2v) is 7.13. The van der Waals surface area contributed by atoms with Gasteiger partial charge in [-0.15, -0.1) is 0 Å². The maximum atomic E-state index is 11.8. The van der Waals surface area contributed by atoms with Gasteiger partial charge in [-0.05, 0) is 26.3 Å². The van der Waals surface area contributed by atoms with Gasteiger partial charge in [-0.3, -0.25) is 15.1 Å². The van der Waals surface area contributed by atoms with Crippen molar-refractivity contribution in [1.82, 2.24) is 15.5 Å². The molecule has 6 N–H and O–H groups in total. The zero-order valence-corrected chi connectivity index (χ0v) is 16.0. The average Bonchev–Trinajstić information content (AvgIpc) is 2.60. The van der Waals surface area contributed by atoms with Crippen molar-refractivity contribution in [1.29, 1.82) is 5.41 Å². The number of amides is 1. The molecule has 9 heteroatoms. The molecule has 1 saturated heterocycles. The summed E-state index contributed by atoms with van der Waals surface area (Å²) in [7, 11) is 0. The van der Waals surface area contributed by atoms with Crippen LogP contribution in [-0.2, 0) is 14.3 Å². The maximum absolute atomic E-state index is 11.8. The van der Waals surface area contributed by atoms with Crippen LogP contribution >= 0.6 is 0 Å². The molecule has 1 heterocycles. The lowest BCUT2D eigenvalue weighted by Crippen LogP contribution is -2.65. The van der Waals surface area contributed by atoms with Crippen LogP contribution in [0.3, 0.4) is 0 Å². The lowest BCUT2D eigenvalue weighted by molar-refractivity contribution is -0.133. The molecule has 0 aromatic rings. The standard InChI is InChI=1S/C18H31N5O4/c1-3-27-10-13-6-4-5-7-23(13)15-9-12(17(25)26)8-14(22-18(19)20)16(15)21-11(2)24/h9,13-16H,3-8,10H2,1-2H3,(H,21,24)(H,25,26)(H4,19,20,22)/t13?,14-,15+,16+/m0/s1. The van der Waals surface area contributed by atoms with Gasteiger partial charge in [0, 0.05) is 31.6 Å². The second-order valence-electron chi connectivity index (χ2n) is 7.13. The van der Waals surface area contributed by atoms with Crippen LogP contribution in [0.2, 0.25) is 0 Å². The van der Waals surface area contributed by atoms with E-state index in [9.17, 15) is 14.7 Å². The number of ether oxygens (including phenoxy) is 1. The maximum Gasteiger partial charge on any atom is 0.331 e. The van der Waals surface area contributed by atoms with Gasteiger partial charge in [-0.25, -0.2) is 4.79 Å². The van der Waals surface area contributed by atoms with Crippen molar-refractivity contribution >= 4 is 17.8 Å². The number of nitrogens with one attached hydrogen (secondary N) is 3. The number of nitrogens with zero attached hydrogens (tertiary/aromatic N) is 1. The molecule has 1 fully saturated rings. The SMILES string of the molecule is CCOCC1CCCCN1[C@@H]1C=C(C(=O)O)C[C@H](NC(=N)N)[C@H]1NC(C)=O. The van der Waals surface area contributed by atoms with E-state index in [2.05, 4.69) is 15.5 Å². The van der Waals surface area contributed by atoms with E-state index in [0.29, 0.717) is 13.2 Å². The topological polar surface area (TPSA) is 141 Å². The minimum atomic E-state index is -0.991. The van der Waals surface area contributed by atoms with Gasteiger partial charge in [0.15, 0.2) is 5.96 Å². The Morgan fingerprint density at radius 1 is 1.41 bits per heavy atom. The smallest absolute Gasteiger partial charge is 0.331 e. The van der Waals surface area contributed by atoms with Gasteiger partial charge in [-0.2, -0.15) is 0 Å². The molecule has 4 atom stereocenters. The lowest BCUT2D eigenvalue weighted by atomic mass is 9.83. The first-order valence-electron chi connectivity index (χ1n) is 9.48.